The number of rotatable bonds is 2. The standard InChI is InChI=1S/C12H16BrNO2S/c1-8-2-3-9(7-15)6-14(8)12(16)11-10(13)4-5-17-11/h4-5,8-9,15H,2-3,6-7H2,1H3. The molecule has 0 saturated carbocycles. The van der Waals surface area contributed by atoms with Crippen molar-refractivity contribution in [2.24, 2.45) is 5.92 Å². The molecule has 94 valence electrons. The van der Waals surface area contributed by atoms with Gasteiger partial charge in [0.05, 0.1) is 0 Å². The van der Waals surface area contributed by atoms with Crippen LogP contribution < -0.4 is 0 Å². The number of halogens is 1. The van der Waals surface area contributed by atoms with Crippen molar-refractivity contribution in [2.75, 3.05) is 13.2 Å². The predicted octanol–water partition coefficient (Wildman–Crippen LogP) is 2.74. The van der Waals surface area contributed by atoms with Crippen molar-refractivity contribution in [2.45, 2.75) is 25.8 Å². The van der Waals surface area contributed by atoms with Crippen LogP contribution in [0, 0.1) is 5.92 Å². The van der Waals surface area contributed by atoms with Crippen LogP contribution >= 0.6 is 27.3 Å². The van der Waals surface area contributed by atoms with Gasteiger partial charge in [0.2, 0.25) is 0 Å². The number of aliphatic hydroxyl groups is 1. The monoisotopic (exact) mass is 317 g/mol. The molecule has 2 atom stereocenters. The highest BCUT2D eigenvalue weighted by atomic mass is 79.9. The number of nitrogens with zero attached hydrogens (tertiary/aromatic N) is 1. The summed E-state index contributed by atoms with van der Waals surface area (Å²) < 4.78 is 0.867. The van der Waals surface area contributed by atoms with Crippen LogP contribution in [0.4, 0.5) is 0 Å². The van der Waals surface area contributed by atoms with Gasteiger partial charge >= 0.3 is 0 Å². The first-order valence-electron chi connectivity index (χ1n) is 5.78. The maximum absolute atomic E-state index is 12.4. The molecule has 0 aliphatic carbocycles. The summed E-state index contributed by atoms with van der Waals surface area (Å²) in [5.41, 5.74) is 0. The number of carbonyl (C=O) groups is 1. The Kier molecular flexibility index (Phi) is 4.22. The second-order valence-corrected chi connectivity index (χ2v) is 6.30. The molecular weight excluding hydrogens is 302 g/mol. The van der Waals surface area contributed by atoms with Crippen LogP contribution in [0.1, 0.15) is 29.4 Å². The highest BCUT2D eigenvalue weighted by Crippen LogP contribution is 2.28. The van der Waals surface area contributed by atoms with E-state index in [2.05, 4.69) is 22.9 Å². The Morgan fingerprint density at radius 2 is 2.41 bits per heavy atom. The highest BCUT2D eigenvalue weighted by Gasteiger charge is 2.30. The van der Waals surface area contributed by atoms with Crippen molar-refractivity contribution in [3.63, 3.8) is 0 Å². The van der Waals surface area contributed by atoms with Gasteiger partial charge < -0.3 is 10.0 Å². The van der Waals surface area contributed by atoms with Crippen LogP contribution in [-0.4, -0.2) is 35.1 Å². The molecule has 17 heavy (non-hydrogen) atoms. The normalized spacial score (nSPS) is 25.0. The van der Waals surface area contributed by atoms with Crippen LogP contribution in [0.25, 0.3) is 0 Å². The van der Waals surface area contributed by atoms with E-state index in [1.54, 1.807) is 0 Å². The Labute approximate surface area is 114 Å². The Morgan fingerprint density at radius 1 is 1.65 bits per heavy atom. The molecule has 2 heterocycles. The average Bonchev–Trinajstić information content (AvgIpc) is 2.75. The molecule has 1 aliphatic heterocycles. The fourth-order valence-electron chi connectivity index (χ4n) is 2.19. The number of hydrogen-bond acceptors (Lipinski definition) is 3. The van der Waals surface area contributed by atoms with Gasteiger partial charge in [0.15, 0.2) is 0 Å². The van der Waals surface area contributed by atoms with Gasteiger partial charge in [-0.15, -0.1) is 11.3 Å². The predicted molar refractivity (Wildman–Crippen MR) is 72.3 cm³/mol. The van der Waals surface area contributed by atoms with Gasteiger partial charge in [0.1, 0.15) is 4.88 Å². The molecule has 1 N–H and O–H groups in total. The number of hydrogen-bond donors (Lipinski definition) is 1. The lowest BCUT2D eigenvalue weighted by Gasteiger charge is -2.37. The van der Waals surface area contributed by atoms with Gasteiger partial charge in [-0.2, -0.15) is 0 Å². The van der Waals surface area contributed by atoms with Crippen LogP contribution in [-0.2, 0) is 0 Å². The second-order valence-electron chi connectivity index (χ2n) is 4.53. The third kappa shape index (κ3) is 2.72. The number of aliphatic hydroxyl groups excluding tert-OH is 1. The van der Waals surface area contributed by atoms with E-state index in [0.29, 0.717) is 6.54 Å². The molecule has 2 unspecified atom stereocenters. The molecule has 3 nitrogen and oxygen atoms in total. The lowest BCUT2D eigenvalue weighted by Crippen LogP contribution is -2.46. The smallest absolute Gasteiger partial charge is 0.265 e. The molecule has 2 rings (SSSR count). The van der Waals surface area contributed by atoms with Gasteiger partial charge in [-0.3, -0.25) is 4.79 Å². The number of carbonyl (C=O) groups excluding carboxylic acids is 1. The van der Waals surface area contributed by atoms with Crippen molar-refractivity contribution in [3.05, 3.63) is 20.8 Å². The first-order valence-corrected chi connectivity index (χ1v) is 7.45. The molecule has 1 saturated heterocycles. The van der Waals surface area contributed by atoms with Crippen LogP contribution in [0.15, 0.2) is 15.9 Å². The SMILES string of the molecule is CC1CCC(CO)CN1C(=O)c1sccc1Br. The fraction of sp³-hybridized carbons (Fsp3) is 0.583. The summed E-state index contributed by atoms with van der Waals surface area (Å²) in [5, 5.41) is 11.1. The van der Waals surface area contributed by atoms with E-state index in [4.69, 9.17) is 0 Å². The van der Waals surface area contributed by atoms with Crippen molar-refractivity contribution in [1.82, 2.24) is 4.90 Å². The minimum Gasteiger partial charge on any atom is -0.396 e. The van der Waals surface area contributed by atoms with E-state index < -0.39 is 0 Å². The van der Waals surface area contributed by atoms with E-state index >= 15 is 0 Å². The summed E-state index contributed by atoms with van der Waals surface area (Å²) in [6.45, 7) is 2.91. The number of likely N-dealkylation sites (tertiary alicyclic amines) is 1. The lowest BCUT2D eigenvalue weighted by atomic mass is 9.94. The summed E-state index contributed by atoms with van der Waals surface area (Å²) >= 11 is 4.86. The van der Waals surface area contributed by atoms with Crippen molar-refractivity contribution in [3.8, 4) is 0 Å². The van der Waals surface area contributed by atoms with Crippen LogP contribution in [0.3, 0.4) is 0 Å². The molecule has 1 fully saturated rings. The van der Waals surface area contributed by atoms with Gasteiger partial charge in [0.25, 0.3) is 5.91 Å². The Bertz CT molecular complexity index is 407. The van der Waals surface area contributed by atoms with Crippen molar-refractivity contribution in [1.29, 1.82) is 0 Å². The largest absolute Gasteiger partial charge is 0.396 e. The molecule has 1 amide bonds. The molecule has 0 bridgehead atoms. The zero-order chi connectivity index (χ0) is 12.4. The molecule has 0 radical (unpaired) electrons. The molecule has 1 aromatic rings. The molecule has 1 aliphatic rings. The lowest BCUT2D eigenvalue weighted by molar-refractivity contribution is 0.0493. The summed E-state index contributed by atoms with van der Waals surface area (Å²) in [5.74, 6) is 0.311. The number of thiophene rings is 1. The Balaban J connectivity index is 2.15. The molecule has 1 aromatic heterocycles. The highest BCUT2D eigenvalue weighted by molar-refractivity contribution is 9.10. The van der Waals surface area contributed by atoms with E-state index in [1.165, 1.54) is 11.3 Å². The summed E-state index contributed by atoms with van der Waals surface area (Å²) in [7, 11) is 0. The first-order chi connectivity index (χ1) is 8.13. The third-order valence-corrected chi connectivity index (χ3v) is 5.14. The van der Waals surface area contributed by atoms with Crippen LogP contribution in [0.2, 0.25) is 0 Å². The maximum atomic E-state index is 12.4. The zero-order valence-corrected chi connectivity index (χ0v) is 12.1. The van der Waals surface area contributed by atoms with Crippen LogP contribution in [0.5, 0.6) is 0 Å². The minimum atomic E-state index is 0.0810. The number of piperidine rings is 1. The maximum Gasteiger partial charge on any atom is 0.265 e. The first kappa shape index (κ1) is 13.1. The molecule has 5 heteroatoms. The second kappa shape index (κ2) is 5.50. The summed E-state index contributed by atoms with van der Waals surface area (Å²) in [4.78, 5) is 15.0. The number of amides is 1. The van der Waals surface area contributed by atoms with E-state index in [9.17, 15) is 9.90 Å². The zero-order valence-electron chi connectivity index (χ0n) is 9.73. The van der Waals surface area contributed by atoms with Crippen molar-refractivity contribution >= 4 is 33.2 Å². The topological polar surface area (TPSA) is 40.5 Å². The van der Waals surface area contributed by atoms with E-state index in [0.717, 1.165) is 22.2 Å². The summed E-state index contributed by atoms with van der Waals surface area (Å²) in [6, 6.07) is 2.16. The molecule has 0 aromatic carbocycles. The molecular formula is C12H16BrNO2S. The Morgan fingerprint density at radius 3 is 3.00 bits per heavy atom. The molecule has 0 spiro atoms. The van der Waals surface area contributed by atoms with Gasteiger partial charge in [-0.25, -0.2) is 0 Å². The van der Waals surface area contributed by atoms with Crippen molar-refractivity contribution < 1.29 is 9.90 Å². The fourth-order valence-corrected chi connectivity index (χ4v) is 3.69. The van der Waals surface area contributed by atoms with Gasteiger partial charge in [0, 0.05) is 23.7 Å². The third-order valence-electron chi connectivity index (χ3n) is 3.31. The van der Waals surface area contributed by atoms with Gasteiger partial charge in [-0.1, -0.05) is 0 Å². The average molecular weight is 318 g/mol. The van der Waals surface area contributed by atoms with E-state index in [-0.39, 0.29) is 24.5 Å². The van der Waals surface area contributed by atoms with E-state index in [1.807, 2.05) is 16.3 Å². The quantitative estimate of drug-likeness (QED) is 0.911. The minimum absolute atomic E-state index is 0.0810. The summed E-state index contributed by atoms with van der Waals surface area (Å²) in [6.07, 6.45) is 1.98. The Hall–Kier alpha value is -0.390. The van der Waals surface area contributed by atoms with Gasteiger partial charge in [-0.05, 0) is 53.1 Å².